The van der Waals surface area contributed by atoms with Crippen LogP contribution in [0.5, 0.6) is 11.6 Å². The second kappa shape index (κ2) is 5.81. The number of halogens is 2. The highest BCUT2D eigenvalue weighted by atomic mass is 79.9. The Morgan fingerprint density at radius 1 is 1.00 bits per heavy atom. The Kier molecular flexibility index (Phi) is 3.90. The minimum absolute atomic E-state index is 0.608. The summed E-state index contributed by atoms with van der Waals surface area (Å²) in [6.45, 7) is 0. The Morgan fingerprint density at radius 2 is 1.80 bits per heavy atom. The minimum Gasteiger partial charge on any atom is -0.438 e. The molecule has 1 heterocycles. The third-order valence-electron chi connectivity index (χ3n) is 3.03. The number of hydrogen-bond acceptors (Lipinski definition) is 2. The van der Waals surface area contributed by atoms with E-state index in [-0.39, 0.29) is 0 Å². The summed E-state index contributed by atoms with van der Waals surface area (Å²) < 4.78 is 5.97. The molecule has 0 aliphatic heterocycles. The van der Waals surface area contributed by atoms with Gasteiger partial charge in [-0.05, 0) is 18.2 Å². The Balaban J connectivity index is 2.09. The average Bonchev–Trinajstić information content (AvgIpc) is 2.51. The van der Waals surface area contributed by atoms with E-state index in [4.69, 9.17) is 16.3 Å². The first-order valence-corrected chi connectivity index (χ1v) is 7.64. The molecule has 20 heavy (non-hydrogen) atoms. The van der Waals surface area contributed by atoms with E-state index in [1.165, 1.54) is 0 Å². The first kappa shape index (κ1) is 13.4. The van der Waals surface area contributed by atoms with Crippen molar-refractivity contribution in [1.82, 2.24) is 4.98 Å². The van der Waals surface area contributed by atoms with Gasteiger partial charge in [-0.25, -0.2) is 4.98 Å². The molecule has 0 fully saturated rings. The third-order valence-corrected chi connectivity index (χ3v) is 3.97. The maximum absolute atomic E-state index is 6.21. The van der Waals surface area contributed by atoms with Crippen LogP contribution in [-0.2, 0) is 5.33 Å². The van der Waals surface area contributed by atoms with Gasteiger partial charge >= 0.3 is 0 Å². The number of ether oxygens (including phenoxy) is 1. The minimum atomic E-state index is 0.608. The molecule has 2 nitrogen and oxygen atoms in total. The van der Waals surface area contributed by atoms with Crippen molar-refractivity contribution in [3.8, 4) is 11.6 Å². The van der Waals surface area contributed by atoms with E-state index in [2.05, 4.69) is 20.9 Å². The molecule has 0 aliphatic rings. The second-order valence-corrected chi connectivity index (χ2v) is 5.26. The number of alkyl halides is 1. The van der Waals surface area contributed by atoms with Gasteiger partial charge in [0.2, 0.25) is 5.88 Å². The molecule has 0 saturated heterocycles. The van der Waals surface area contributed by atoms with Gasteiger partial charge in [0.1, 0.15) is 5.75 Å². The van der Waals surface area contributed by atoms with Crippen molar-refractivity contribution >= 4 is 38.3 Å². The number of hydrogen-bond donors (Lipinski definition) is 0. The van der Waals surface area contributed by atoms with Crippen LogP contribution in [0.2, 0.25) is 5.02 Å². The fraction of sp³-hybridized carbons (Fsp3) is 0.0625. The number of fused-ring (bicyclic) bond motifs is 1. The zero-order chi connectivity index (χ0) is 13.9. The van der Waals surface area contributed by atoms with Gasteiger partial charge in [-0.3, -0.25) is 0 Å². The molecule has 100 valence electrons. The predicted molar refractivity (Wildman–Crippen MR) is 85.9 cm³/mol. The summed E-state index contributed by atoms with van der Waals surface area (Å²) in [4.78, 5) is 4.29. The Morgan fingerprint density at radius 3 is 2.60 bits per heavy atom. The molecule has 0 radical (unpaired) electrons. The molecule has 0 atom stereocenters. The topological polar surface area (TPSA) is 22.1 Å². The van der Waals surface area contributed by atoms with E-state index in [1.807, 2.05) is 48.5 Å². The quantitative estimate of drug-likeness (QED) is 0.577. The number of nitrogens with zero attached hydrogens (tertiary/aromatic N) is 1. The molecule has 0 bridgehead atoms. The van der Waals surface area contributed by atoms with Gasteiger partial charge < -0.3 is 4.74 Å². The normalized spacial score (nSPS) is 10.7. The van der Waals surface area contributed by atoms with Crippen LogP contribution in [0.1, 0.15) is 5.56 Å². The summed E-state index contributed by atoms with van der Waals surface area (Å²) in [5.74, 6) is 1.36. The summed E-state index contributed by atoms with van der Waals surface area (Å²) in [6.07, 6.45) is 1.72. The van der Waals surface area contributed by atoms with Crippen LogP contribution in [-0.4, -0.2) is 4.98 Å². The van der Waals surface area contributed by atoms with Crippen molar-refractivity contribution in [3.63, 3.8) is 0 Å². The van der Waals surface area contributed by atoms with E-state index in [9.17, 15) is 0 Å². The molecule has 0 aliphatic carbocycles. The van der Waals surface area contributed by atoms with Gasteiger partial charge in [0.15, 0.2) is 0 Å². The van der Waals surface area contributed by atoms with Gasteiger partial charge in [0, 0.05) is 32.9 Å². The SMILES string of the molecule is Clc1ccc(Oc2ncccc2CBr)c2ccccc12. The van der Waals surface area contributed by atoms with Crippen molar-refractivity contribution in [3.05, 3.63) is 65.3 Å². The van der Waals surface area contributed by atoms with E-state index in [0.717, 1.165) is 27.1 Å². The van der Waals surface area contributed by atoms with Crippen molar-refractivity contribution in [2.75, 3.05) is 0 Å². The summed E-state index contributed by atoms with van der Waals surface area (Å²) in [5, 5.41) is 3.37. The maximum Gasteiger partial charge on any atom is 0.223 e. The van der Waals surface area contributed by atoms with E-state index in [0.29, 0.717) is 11.2 Å². The fourth-order valence-electron chi connectivity index (χ4n) is 2.05. The van der Waals surface area contributed by atoms with Gasteiger partial charge in [-0.1, -0.05) is 57.9 Å². The van der Waals surface area contributed by atoms with Crippen LogP contribution in [0, 0.1) is 0 Å². The Labute approximate surface area is 130 Å². The van der Waals surface area contributed by atoms with Crippen molar-refractivity contribution in [2.24, 2.45) is 0 Å². The molecule has 1 aromatic heterocycles. The van der Waals surface area contributed by atoms with Gasteiger partial charge in [0.05, 0.1) is 0 Å². The van der Waals surface area contributed by atoms with Crippen molar-refractivity contribution in [1.29, 1.82) is 0 Å². The van der Waals surface area contributed by atoms with Crippen LogP contribution in [0.4, 0.5) is 0 Å². The number of aromatic nitrogens is 1. The smallest absolute Gasteiger partial charge is 0.223 e. The Bertz CT molecular complexity index is 760. The molecule has 0 saturated carbocycles. The van der Waals surface area contributed by atoms with Crippen LogP contribution < -0.4 is 4.74 Å². The molecule has 0 spiro atoms. The second-order valence-electron chi connectivity index (χ2n) is 4.29. The predicted octanol–water partition coefficient (Wildman–Crippen LogP) is 5.58. The fourth-order valence-corrected chi connectivity index (χ4v) is 2.70. The monoisotopic (exact) mass is 347 g/mol. The lowest BCUT2D eigenvalue weighted by molar-refractivity contribution is 0.464. The maximum atomic E-state index is 6.21. The average molecular weight is 349 g/mol. The highest BCUT2D eigenvalue weighted by Gasteiger charge is 2.09. The van der Waals surface area contributed by atoms with E-state index in [1.54, 1.807) is 6.20 Å². The van der Waals surface area contributed by atoms with Crippen LogP contribution >= 0.6 is 27.5 Å². The summed E-state index contributed by atoms with van der Waals surface area (Å²) in [6, 6.07) is 15.5. The molecule has 0 N–H and O–H groups in total. The van der Waals surface area contributed by atoms with Gasteiger partial charge in [-0.15, -0.1) is 0 Å². The Hall–Kier alpha value is -1.58. The highest BCUT2D eigenvalue weighted by Crippen LogP contribution is 2.34. The van der Waals surface area contributed by atoms with Gasteiger partial charge in [0.25, 0.3) is 0 Å². The zero-order valence-electron chi connectivity index (χ0n) is 10.5. The lowest BCUT2D eigenvalue weighted by Gasteiger charge is -2.11. The zero-order valence-corrected chi connectivity index (χ0v) is 12.9. The van der Waals surface area contributed by atoms with Gasteiger partial charge in [-0.2, -0.15) is 0 Å². The highest BCUT2D eigenvalue weighted by molar-refractivity contribution is 9.08. The lowest BCUT2D eigenvalue weighted by atomic mass is 10.1. The first-order chi connectivity index (χ1) is 9.79. The standard InChI is InChI=1S/C16H11BrClNO/c17-10-11-4-3-9-19-16(11)20-15-8-7-14(18)12-5-1-2-6-13(12)15/h1-9H,10H2. The van der Waals surface area contributed by atoms with E-state index >= 15 is 0 Å². The molecule has 2 aromatic carbocycles. The molecule has 0 unspecified atom stereocenters. The summed E-state index contributed by atoms with van der Waals surface area (Å²) >= 11 is 9.65. The number of pyridine rings is 1. The molecule has 4 heteroatoms. The molecular formula is C16H11BrClNO. The largest absolute Gasteiger partial charge is 0.438 e. The number of benzene rings is 2. The molecular weight excluding hydrogens is 338 g/mol. The lowest BCUT2D eigenvalue weighted by Crippen LogP contribution is -1.93. The molecule has 0 amide bonds. The van der Waals surface area contributed by atoms with Crippen LogP contribution in [0.3, 0.4) is 0 Å². The van der Waals surface area contributed by atoms with Crippen molar-refractivity contribution < 1.29 is 4.74 Å². The molecule has 3 aromatic rings. The number of rotatable bonds is 3. The molecule has 3 rings (SSSR count). The third kappa shape index (κ3) is 2.51. The van der Waals surface area contributed by atoms with E-state index < -0.39 is 0 Å². The summed E-state index contributed by atoms with van der Waals surface area (Å²) in [5.41, 5.74) is 1.01. The van der Waals surface area contributed by atoms with Crippen molar-refractivity contribution in [2.45, 2.75) is 5.33 Å². The van der Waals surface area contributed by atoms with Crippen LogP contribution in [0.15, 0.2) is 54.7 Å². The first-order valence-electron chi connectivity index (χ1n) is 6.14. The van der Waals surface area contributed by atoms with Crippen LogP contribution in [0.25, 0.3) is 10.8 Å². The summed E-state index contributed by atoms with van der Waals surface area (Å²) in [7, 11) is 0.